The highest BCUT2D eigenvalue weighted by Crippen LogP contribution is 2.20. The molecule has 1 aliphatic rings. The Balaban J connectivity index is 2.06. The summed E-state index contributed by atoms with van der Waals surface area (Å²) in [5.41, 5.74) is 2.76. The van der Waals surface area contributed by atoms with E-state index in [2.05, 4.69) is 74.1 Å². The molecule has 1 heterocycles. The normalized spacial score (nSPS) is 26.0. The number of nitrogens with zero attached hydrogens (tertiary/aromatic N) is 2. The lowest BCUT2D eigenvalue weighted by Crippen LogP contribution is -2.56. The van der Waals surface area contributed by atoms with Crippen LogP contribution in [-0.4, -0.2) is 55.1 Å². The van der Waals surface area contributed by atoms with Crippen LogP contribution in [0.2, 0.25) is 0 Å². The van der Waals surface area contributed by atoms with Crippen LogP contribution in [-0.2, 0) is 0 Å². The molecule has 1 aromatic rings. The molecule has 1 fully saturated rings. The molecule has 3 unspecified atom stereocenters. The van der Waals surface area contributed by atoms with Crippen LogP contribution in [0.3, 0.4) is 0 Å². The number of rotatable bonds is 5. The van der Waals surface area contributed by atoms with Crippen molar-refractivity contribution in [2.45, 2.75) is 45.8 Å². The molecule has 118 valence electrons. The van der Waals surface area contributed by atoms with E-state index in [0.29, 0.717) is 18.1 Å². The van der Waals surface area contributed by atoms with Crippen LogP contribution >= 0.6 is 0 Å². The van der Waals surface area contributed by atoms with Crippen molar-refractivity contribution in [2.75, 3.05) is 33.2 Å². The van der Waals surface area contributed by atoms with Gasteiger partial charge in [-0.25, -0.2) is 0 Å². The van der Waals surface area contributed by atoms with Crippen molar-refractivity contribution in [3.05, 3.63) is 35.4 Å². The van der Waals surface area contributed by atoms with Gasteiger partial charge in [0, 0.05) is 37.8 Å². The maximum Gasteiger partial charge on any atom is 0.0449 e. The highest BCUT2D eigenvalue weighted by Gasteiger charge is 2.28. The summed E-state index contributed by atoms with van der Waals surface area (Å²) < 4.78 is 0. The van der Waals surface area contributed by atoms with Crippen molar-refractivity contribution in [1.29, 1.82) is 0 Å². The first-order valence-corrected chi connectivity index (χ1v) is 8.25. The summed E-state index contributed by atoms with van der Waals surface area (Å²) in [6.45, 7) is 13.5. The minimum atomic E-state index is 0.428. The van der Waals surface area contributed by atoms with Crippen LogP contribution < -0.4 is 5.32 Å². The molecule has 3 heteroatoms. The van der Waals surface area contributed by atoms with Gasteiger partial charge < -0.3 is 5.32 Å². The quantitative estimate of drug-likeness (QED) is 0.899. The molecule has 1 N–H and O–H groups in total. The molecule has 0 saturated carbocycles. The summed E-state index contributed by atoms with van der Waals surface area (Å²) in [6, 6.07) is 10.6. The van der Waals surface area contributed by atoms with Gasteiger partial charge >= 0.3 is 0 Å². The lowest BCUT2D eigenvalue weighted by Gasteiger charge is -2.43. The summed E-state index contributed by atoms with van der Waals surface area (Å²) in [5, 5.41) is 3.66. The number of hydrogen-bond acceptors (Lipinski definition) is 3. The van der Waals surface area contributed by atoms with E-state index in [1.165, 1.54) is 11.1 Å². The number of aryl methyl sites for hydroxylation is 1. The maximum atomic E-state index is 3.66. The van der Waals surface area contributed by atoms with Crippen molar-refractivity contribution in [3.8, 4) is 0 Å². The third-order valence-corrected chi connectivity index (χ3v) is 4.77. The highest BCUT2D eigenvalue weighted by atomic mass is 15.3. The van der Waals surface area contributed by atoms with Gasteiger partial charge in [0.05, 0.1) is 0 Å². The van der Waals surface area contributed by atoms with E-state index in [0.717, 1.165) is 26.2 Å². The molecule has 0 aromatic heterocycles. The van der Waals surface area contributed by atoms with Gasteiger partial charge in [0.2, 0.25) is 0 Å². The van der Waals surface area contributed by atoms with E-state index in [4.69, 9.17) is 0 Å². The van der Waals surface area contributed by atoms with Crippen molar-refractivity contribution < 1.29 is 0 Å². The minimum Gasteiger partial charge on any atom is -0.309 e. The second kappa shape index (κ2) is 7.39. The van der Waals surface area contributed by atoms with Gasteiger partial charge in [-0.15, -0.1) is 0 Å². The average molecular weight is 289 g/mol. The van der Waals surface area contributed by atoms with Crippen molar-refractivity contribution in [1.82, 2.24) is 15.1 Å². The second-order valence-electron chi connectivity index (χ2n) is 6.61. The molecular weight excluding hydrogens is 258 g/mol. The molecule has 0 spiro atoms. The Morgan fingerprint density at radius 3 is 2.48 bits per heavy atom. The van der Waals surface area contributed by atoms with Crippen LogP contribution in [0.1, 0.15) is 37.9 Å². The molecule has 0 aliphatic carbocycles. The molecule has 0 amide bonds. The third-order valence-electron chi connectivity index (χ3n) is 4.77. The van der Waals surface area contributed by atoms with E-state index >= 15 is 0 Å². The first-order chi connectivity index (χ1) is 10.0. The number of hydrogen-bond donors (Lipinski definition) is 1. The van der Waals surface area contributed by atoms with Gasteiger partial charge in [-0.05, 0) is 39.9 Å². The molecule has 0 radical (unpaired) electrons. The summed E-state index contributed by atoms with van der Waals surface area (Å²) in [6.07, 6.45) is 0. The Morgan fingerprint density at radius 2 is 1.90 bits per heavy atom. The Labute approximate surface area is 130 Å². The maximum absolute atomic E-state index is 3.66. The lowest BCUT2D eigenvalue weighted by atomic mass is 10.0. The van der Waals surface area contributed by atoms with E-state index in [-0.39, 0.29) is 0 Å². The lowest BCUT2D eigenvalue weighted by molar-refractivity contribution is 0.0543. The molecule has 0 bridgehead atoms. The number of likely N-dealkylation sites (N-methyl/N-ethyl adjacent to an activating group) is 2. The van der Waals surface area contributed by atoms with Gasteiger partial charge in [-0.2, -0.15) is 0 Å². The van der Waals surface area contributed by atoms with E-state index < -0.39 is 0 Å². The summed E-state index contributed by atoms with van der Waals surface area (Å²) in [5.74, 6) is 0. The predicted octanol–water partition coefficient (Wildman–Crippen LogP) is 2.67. The Hall–Kier alpha value is -0.900. The minimum absolute atomic E-state index is 0.428. The van der Waals surface area contributed by atoms with Gasteiger partial charge in [-0.3, -0.25) is 9.80 Å². The zero-order valence-electron chi connectivity index (χ0n) is 14.3. The van der Waals surface area contributed by atoms with Gasteiger partial charge in [0.1, 0.15) is 0 Å². The second-order valence-corrected chi connectivity index (χ2v) is 6.61. The predicted molar refractivity (Wildman–Crippen MR) is 90.7 cm³/mol. The van der Waals surface area contributed by atoms with Crippen LogP contribution in [0.15, 0.2) is 24.3 Å². The molecule has 21 heavy (non-hydrogen) atoms. The smallest absolute Gasteiger partial charge is 0.0449 e. The first kappa shape index (κ1) is 16.5. The third kappa shape index (κ3) is 4.29. The zero-order chi connectivity index (χ0) is 15.4. The van der Waals surface area contributed by atoms with Crippen molar-refractivity contribution >= 4 is 0 Å². The van der Waals surface area contributed by atoms with E-state index in [9.17, 15) is 0 Å². The van der Waals surface area contributed by atoms with E-state index in [1.807, 2.05) is 0 Å². The Kier molecular flexibility index (Phi) is 5.80. The van der Waals surface area contributed by atoms with Crippen LogP contribution in [0.5, 0.6) is 0 Å². The van der Waals surface area contributed by atoms with E-state index in [1.54, 1.807) is 0 Å². The summed E-state index contributed by atoms with van der Waals surface area (Å²) >= 11 is 0. The molecule has 1 aromatic carbocycles. The van der Waals surface area contributed by atoms with Gasteiger partial charge in [0.25, 0.3) is 0 Å². The Bertz CT molecular complexity index is 434. The molecule has 1 saturated heterocycles. The molecular formula is C18H31N3. The average Bonchev–Trinajstić information content (AvgIpc) is 2.44. The van der Waals surface area contributed by atoms with Crippen molar-refractivity contribution in [2.24, 2.45) is 0 Å². The van der Waals surface area contributed by atoms with Gasteiger partial charge in [-0.1, -0.05) is 36.8 Å². The topological polar surface area (TPSA) is 18.5 Å². The SMILES string of the molecule is CCNC(CN1CC(C)N(C)C(C)C1)c1cccc(C)c1. The monoisotopic (exact) mass is 289 g/mol. The number of piperazine rings is 1. The zero-order valence-corrected chi connectivity index (χ0v) is 14.3. The van der Waals surface area contributed by atoms with Gasteiger partial charge in [0.15, 0.2) is 0 Å². The number of nitrogens with one attached hydrogen (secondary N) is 1. The van der Waals surface area contributed by atoms with Crippen LogP contribution in [0.25, 0.3) is 0 Å². The molecule has 3 nitrogen and oxygen atoms in total. The highest BCUT2D eigenvalue weighted by molar-refractivity contribution is 5.25. The molecule has 2 rings (SSSR count). The molecule has 1 aliphatic heterocycles. The first-order valence-electron chi connectivity index (χ1n) is 8.25. The number of benzene rings is 1. The fourth-order valence-electron chi connectivity index (χ4n) is 3.34. The summed E-state index contributed by atoms with van der Waals surface area (Å²) in [7, 11) is 2.25. The standard InChI is InChI=1S/C18H31N3/c1-6-19-18(17-9-7-8-14(2)10-17)13-21-11-15(3)20(5)16(4)12-21/h7-10,15-16,18-19H,6,11-13H2,1-5H3. The van der Waals surface area contributed by atoms with Crippen LogP contribution in [0.4, 0.5) is 0 Å². The molecule has 3 atom stereocenters. The largest absolute Gasteiger partial charge is 0.309 e. The van der Waals surface area contributed by atoms with Crippen molar-refractivity contribution in [3.63, 3.8) is 0 Å². The van der Waals surface area contributed by atoms with Crippen LogP contribution in [0, 0.1) is 6.92 Å². The fourth-order valence-corrected chi connectivity index (χ4v) is 3.34. The Morgan fingerprint density at radius 1 is 1.24 bits per heavy atom. The fraction of sp³-hybridized carbons (Fsp3) is 0.667. The summed E-state index contributed by atoms with van der Waals surface area (Å²) in [4.78, 5) is 5.11.